The molecule has 1 aromatic carbocycles. The second-order valence-electron chi connectivity index (χ2n) is 6.12. The van der Waals surface area contributed by atoms with Gasteiger partial charge in [-0.05, 0) is 18.6 Å². The second-order valence-corrected chi connectivity index (χ2v) is 7.74. The Hall–Kier alpha value is 0.390. The molecule has 0 fully saturated rings. The van der Waals surface area contributed by atoms with Crippen LogP contribution in [0.5, 0.6) is 0 Å². The Morgan fingerprint density at radius 3 is 1.71 bits per heavy atom. The number of hydrogen-bond acceptors (Lipinski definition) is 3. The zero-order chi connectivity index (χ0) is 16.8. The van der Waals surface area contributed by atoms with E-state index >= 15 is 0 Å². The molecule has 24 heavy (non-hydrogen) atoms. The summed E-state index contributed by atoms with van der Waals surface area (Å²) in [4.78, 5) is 0.239. The minimum atomic E-state index is -3.57. The summed E-state index contributed by atoms with van der Waals surface area (Å²) in [6, 6.07) is 8.34. The average Bonchev–Trinajstić information content (AvgIpc) is 2.56. The second kappa shape index (κ2) is 15.6. The molecule has 3 nitrogen and oxygen atoms in total. The summed E-state index contributed by atoms with van der Waals surface area (Å²) in [7, 11) is -3.57. The molecule has 136 valence electrons. The maximum absolute atomic E-state index is 11.9. The molecule has 0 saturated heterocycles. The van der Waals surface area contributed by atoms with Crippen molar-refractivity contribution < 1.29 is 12.6 Å². The summed E-state index contributed by atoms with van der Waals surface area (Å²) < 4.78 is 28.9. The summed E-state index contributed by atoms with van der Waals surface area (Å²) in [5.74, 6) is 0. The van der Waals surface area contributed by atoms with Crippen LogP contribution in [0.25, 0.3) is 0 Å². The molecule has 0 aliphatic rings. The van der Waals surface area contributed by atoms with E-state index in [9.17, 15) is 8.42 Å². The summed E-state index contributed by atoms with van der Waals surface area (Å²) in [5, 5.41) is 0. The first-order valence-corrected chi connectivity index (χ1v) is 10.5. The maximum atomic E-state index is 11.9. The van der Waals surface area contributed by atoms with Gasteiger partial charge >= 0.3 is 37.7 Å². The summed E-state index contributed by atoms with van der Waals surface area (Å²) in [6.07, 6.45) is 13.7. The predicted octanol–water partition coefficient (Wildman–Crippen LogP) is 4.79. The van der Waals surface area contributed by atoms with Crippen molar-refractivity contribution >= 4 is 47.9 Å². The van der Waals surface area contributed by atoms with Crippen LogP contribution in [0, 0.1) is 0 Å². The molecule has 0 bridgehead atoms. The molecule has 0 N–H and O–H groups in total. The molecule has 0 radical (unpaired) electrons. The van der Waals surface area contributed by atoms with Crippen LogP contribution in [0.3, 0.4) is 0 Å². The first-order chi connectivity index (χ1) is 11.2. The number of benzene rings is 1. The van der Waals surface area contributed by atoms with Gasteiger partial charge in [-0.1, -0.05) is 89.3 Å². The molecule has 0 heterocycles. The Morgan fingerprint density at radius 2 is 1.21 bits per heavy atom. The Bertz CT molecular complexity index is 489. The number of rotatable bonds is 14. The number of unbranched alkanes of at least 4 members (excludes halogenated alkanes) is 10. The Balaban J connectivity index is 0.00000529. The molecule has 5 heteroatoms. The minimum absolute atomic E-state index is 0. The third kappa shape index (κ3) is 11.9. The SMILES string of the molecule is CCCCCCCCCCCCCOS(=O)(=O)c1ccccc1.[CaH2]. The quantitative estimate of drug-likeness (QED) is 0.264. The van der Waals surface area contributed by atoms with Crippen LogP contribution in [0.2, 0.25) is 0 Å². The van der Waals surface area contributed by atoms with E-state index in [4.69, 9.17) is 4.18 Å². The molecule has 1 rings (SSSR count). The fraction of sp³-hybridized carbons (Fsp3) is 0.684. The van der Waals surface area contributed by atoms with E-state index in [2.05, 4.69) is 6.92 Å². The number of hydrogen-bond donors (Lipinski definition) is 0. The standard InChI is InChI=1S/C19H32O3S.Ca.2H/c1-2-3-4-5-6-7-8-9-10-11-15-18-22-23(20,21)19-16-13-12-14-17-19;;;/h12-14,16-17H,2-11,15,18H2,1H3;;;. The van der Waals surface area contributed by atoms with E-state index in [0.717, 1.165) is 12.8 Å². The van der Waals surface area contributed by atoms with Crippen LogP contribution >= 0.6 is 0 Å². The molecular formula is C19H34CaO3S. The van der Waals surface area contributed by atoms with Gasteiger partial charge in [-0.2, -0.15) is 8.42 Å². The fourth-order valence-corrected chi connectivity index (χ4v) is 3.55. The van der Waals surface area contributed by atoms with Gasteiger partial charge in [0.15, 0.2) is 0 Å². The third-order valence-electron chi connectivity index (χ3n) is 4.02. The van der Waals surface area contributed by atoms with E-state index in [1.54, 1.807) is 30.3 Å². The van der Waals surface area contributed by atoms with Gasteiger partial charge in [-0.3, -0.25) is 4.18 Å². The van der Waals surface area contributed by atoms with Crippen molar-refractivity contribution in [1.29, 1.82) is 0 Å². The molecule has 0 spiro atoms. The van der Waals surface area contributed by atoms with Crippen molar-refractivity contribution in [2.75, 3.05) is 6.61 Å². The molecule has 1 aromatic rings. The molecule has 0 aromatic heterocycles. The molecule has 0 saturated carbocycles. The molecule has 0 unspecified atom stereocenters. The van der Waals surface area contributed by atoms with Gasteiger partial charge in [0.05, 0.1) is 11.5 Å². The van der Waals surface area contributed by atoms with Gasteiger partial charge < -0.3 is 0 Å². The zero-order valence-electron chi connectivity index (χ0n) is 14.5. The van der Waals surface area contributed by atoms with Gasteiger partial charge in [0.25, 0.3) is 10.1 Å². The van der Waals surface area contributed by atoms with Crippen molar-refractivity contribution in [3.8, 4) is 0 Å². The molecule has 0 aliphatic heterocycles. The van der Waals surface area contributed by atoms with Gasteiger partial charge in [0.2, 0.25) is 0 Å². The van der Waals surface area contributed by atoms with Crippen LogP contribution in [0.1, 0.15) is 77.6 Å². The van der Waals surface area contributed by atoms with Crippen molar-refractivity contribution in [2.24, 2.45) is 0 Å². The van der Waals surface area contributed by atoms with Gasteiger partial charge in [-0.25, -0.2) is 0 Å². The van der Waals surface area contributed by atoms with Gasteiger partial charge in [-0.15, -0.1) is 0 Å². The van der Waals surface area contributed by atoms with E-state index in [-0.39, 0.29) is 49.2 Å². The van der Waals surface area contributed by atoms with E-state index in [0.29, 0.717) is 0 Å². The Labute approximate surface area is 178 Å². The van der Waals surface area contributed by atoms with Crippen LogP contribution in [-0.4, -0.2) is 52.8 Å². The average molecular weight is 383 g/mol. The van der Waals surface area contributed by atoms with Crippen molar-refractivity contribution in [3.05, 3.63) is 30.3 Å². The van der Waals surface area contributed by atoms with Crippen LogP contribution in [-0.2, 0) is 14.3 Å². The molecular weight excluding hydrogens is 348 g/mol. The van der Waals surface area contributed by atoms with Crippen LogP contribution in [0.4, 0.5) is 0 Å². The van der Waals surface area contributed by atoms with Gasteiger partial charge in [0, 0.05) is 0 Å². The summed E-state index contributed by atoms with van der Waals surface area (Å²) in [5.41, 5.74) is 0. The molecule has 0 aliphatic carbocycles. The predicted molar refractivity (Wildman–Crippen MR) is 105 cm³/mol. The van der Waals surface area contributed by atoms with Gasteiger partial charge in [0.1, 0.15) is 0 Å². The summed E-state index contributed by atoms with van der Waals surface area (Å²) in [6.45, 7) is 2.53. The molecule has 0 amide bonds. The first-order valence-electron chi connectivity index (χ1n) is 9.11. The van der Waals surface area contributed by atoms with E-state index < -0.39 is 10.1 Å². The normalized spacial score (nSPS) is 11.2. The Morgan fingerprint density at radius 1 is 0.750 bits per heavy atom. The monoisotopic (exact) mass is 382 g/mol. The van der Waals surface area contributed by atoms with Crippen LogP contribution < -0.4 is 0 Å². The fourth-order valence-electron chi connectivity index (χ4n) is 2.59. The molecule has 0 atom stereocenters. The van der Waals surface area contributed by atoms with E-state index in [1.807, 2.05) is 0 Å². The van der Waals surface area contributed by atoms with E-state index in [1.165, 1.54) is 57.8 Å². The van der Waals surface area contributed by atoms with Crippen LogP contribution in [0.15, 0.2) is 35.2 Å². The van der Waals surface area contributed by atoms with Crippen molar-refractivity contribution in [3.63, 3.8) is 0 Å². The van der Waals surface area contributed by atoms with Crippen molar-refractivity contribution in [2.45, 2.75) is 82.4 Å². The topological polar surface area (TPSA) is 43.4 Å². The van der Waals surface area contributed by atoms with Crippen molar-refractivity contribution in [1.82, 2.24) is 0 Å². The summed E-state index contributed by atoms with van der Waals surface area (Å²) >= 11 is 0. The zero-order valence-corrected chi connectivity index (χ0v) is 15.3. The Kier molecular flexibility index (Phi) is 15.9. The first kappa shape index (κ1) is 24.4. The third-order valence-corrected chi connectivity index (χ3v) is 5.34.